The molecular weight excluding hydrogens is 315 g/mol. The first kappa shape index (κ1) is 16.4. The van der Waals surface area contributed by atoms with E-state index in [1.165, 1.54) is 6.07 Å². The molecule has 0 aliphatic carbocycles. The van der Waals surface area contributed by atoms with Crippen molar-refractivity contribution in [1.29, 1.82) is 0 Å². The minimum Gasteiger partial charge on any atom is -0.456 e. The second kappa shape index (κ2) is 5.89. The number of aryl methyl sites for hydroxylation is 1. The van der Waals surface area contributed by atoms with E-state index in [4.69, 9.17) is 4.74 Å². The number of nitrogens with one attached hydrogen (secondary N) is 1. The number of rotatable bonds is 3. The van der Waals surface area contributed by atoms with Crippen LogP contribution >= 0.6 is 0 Å². The molecule has 2 aromatic carbocycles. The van der Waals surface area contributed by atoms with Crippen LogP contribution in [0.1, 0.15) is 36.5 Å². The van der Waals surface area contributed by atoms with Crippen LogP contribution < -0.4 is 4.74 Å². The summed E-state index contributed by atoms with van der Waals surface area (Å²) in [5.41, 5.74) is 1.73. The lowest BCUT2D eigenvalue weighted by molar-refractivity contribution is -0.138. The molecule has 0 fully saturated rings. The van der Waals surface area contributed by atoms with Gasteiger partial charge in [-0.15, -0.1) is 0 Å². The van der Waals surface area contributed by atoms with Gasteiger partial charge in [-0.1, -0.05) is 26.0 Å². The van der Waals surface area contributed by atoms with E-state index in [0.29, 0.717) is 17.2 Å². The maximum absolute atomic E-state index is 13.2. The number of halogens is 3. The van der Waals surface area contributed by atoms with Gasteiger partial charge in [0, 0.05) is 17.1 Å². The van der Waals surface area contributed by atoms with Gasteiger partial charge in [-0.05, 0) is 48.2 Å². The van der Waals surface area contributed by atoms with E-state index < -0.39 is 11.7 Å². The van der Waals surface area contributed by atoms with Crippen LogP contribution in [0.5, 0.6) is 11.5 Å². The van der Waals surface area contributed by atoms with E-state index in [1.807, 2.05) is 12.3 Å². The number of hydrogen-bond acceptors (Lipinski definition) is 1. The summed E-state index contributed by atoms with van der Waals surface area (Å²) >= 11 is 0. The predicted octanol–water partition coefficient (Wildman–Crippen LogP) is 6.41. The molecule has 126 valence electrons. The highest BCUT2D eigenvalue weighted by Crippen LogP contribution is 2.40. The van der Waals surface area contributed by atoms with Crippen molar-refractivity contribution in [2.75, 3.05) is 0 Å². The van der Waals surface area contributed by atoms with Gasteiger partial charge in [0.15, 0.2) is 0 Å². The SMILES string of the molecule is Cc1cccc(C(F)(F)F)c1Oc1ccc2[nH]cc(C(C)C)c2c1. The monoisotopic (exact) mass is 333 g/mol. The molecule has 1 heterocycles. The van der Waals surface area contributed by atoms with Crippen molar-refractivity contribution in [3.63, 3.8) is 0 Å². The van der Waals surface area contributed by atoms with Crippen LogP contribution in [0, 0.1) is 6.92 Å². The average molecular weight is 333 g/mol. The van der Waals surface area contributed by atoms with Crippen LogP contribution in [0.25, 0.3) is 10.9 Å². The Morgan fingerprint density at radius 1 is 1.08 bits per heavy atom. The van der Waals surface area contributed by atoms with E-state index in [0.717, 1.165) is 22.5 Å². The maximum Gasteiger partial charge on any atom is 0.419 e. The zero-order chi connectivity index (χ0) is 17.5. The second-order valence-electron chi connectivity index (χ2n) is 6.16. The highest BCUT2D eigenvalue weighted by atomic mass is 19.4. The fourth-order valence-corrected chi connectivity index (χ4v) is 2.79. The Hall–Kier alpha value is -2.43. The van der Waals surface area contributed by atoms with Crippen molar-refractivity contribution in [3.05, 3.63) is 59.3 Å². The third-order valence-electron chi connectivity index (χ3n) is 4.04. The van der Waals surface area contributed by atoms with Gasteiger partial charge >= 0.3 is 6.18 Å². The molecule has 0 radical (unpaired) electrons. The number of aromatic nitrogens is 1. The summed E-state index contributed by atoms with van der Waals surface area (Å²) < 4.78 is 45.3. The topological polar surface area (TPSA) is 25.0 Å². The molecule has 3 aromatic rings. The van der Waals surface area contributed by atoms with Gasteiger partial charge in [-0.3, -0.25) is 0 Å². The summed E-state index contributed by atoms with van der Waals surface area (Å²) in [6, 6.07) is 9.32. The van der Waals surface area contributed by atoms with Gasteiger partial charge in [0.1, 0.15) is 11.5 Å². The van der Waals surface area contributed by atoms with Gasteiger partial charge in [0.25, 0.3) is 0 Å². The second-order valence-corrected chi connectivity index (χ2v) is 6.16. The number of alkyl halides is 3. The van der Waals surface area contributed by atoms with Crippen LogP contribution in [0.4, 0.5) is 13.2 Å². The van der Waals surface area contributed by atoms with Gasteiger partial charge in [0.2, 0.25) is 0 Å². The summed E-state index contributed by atoms with van der Waals surface area (Å²) in [4.78, 5) is 3.17. The Balaban J connectivity index is 2.06. The fraction of sp³-hybridized carbons (Fsp3) is 0.263. The summed E-state index contributed by atoms with van der Waals surface area (Å²) in [7, 11) is 0. The van der Waals surface area contributed by atoms with Gasteiger partial charge in [-0.25, -0.2) is 0 Å². The van der Waals surface area contributed by atoms with E-state index in [2.05, 4.69) is 18.8 Å². The van der Waals surface area contributed by atoms with Crippen LogP contribution in [-0.4, -0.2) is 4.98 Å². The number of hydrogen-bond donors (Lipinski definition) is 1. The van der Waals surface area contributed by atoms with Crippen molar-refractivity contribution in [2.24, 2.45) is 0 Å². The highest BCUT2D eigenvalue weighted by molar-refractivity contribution is 5.85. The van der Waals surface area contributed by atoms with Crippen molar-refractivity contribution < 1.29 is 17.9 Å². The Labute approximate surface area is 138 Å². The number of aromatic amines is 1. The minimum absolute atomic E-state index is 0.147. The van der Waals surface area contributed by atoms with Crippen LogP contribution in [0.2, 0.25) is 0 Å². The number of H-pyrrole nitrogens is 1. The molecule has 0 aliphatic heterocycles. The lowest BCUT2D eigenvalue weighted by Crippen LogP contribution is -2.08. The zero-order valence-corrected chi connectivity index (χ0v) is 13.7. The van der Waals surface area contributed by atoms with E-state index in [9.17, 15) is 13.2 Å². The third-order valence-corrected chi connectivity index (χ3v) is 4.04. The number of benzene rings is 2. The molecule has 0 atom stereocenters. The van der Waals surface area contributed by atoms with E-state index in [1.54, 1.807) is 25.1 Å². The van der Waals surface area contributed by atoms with Crippen LogP contribution in [0.3, 0.4) is 0 Å². The Bertz CT molecular complexity index is 878. The molecular formula is C19H18F3NO. The van der Waals surface area contributed by atoms with Crippen molar-refractivity contribution in [3.8, 4) is 11.5 Å². The van der Waals surface area contributed by atoms with Crippen molar-refractivity contribution in [2.45, 2.75) is 32.9 Å². The quantitative estimate of drug-likeness (QED) is 0.588. The molecule has 24 heavy (non-hydrogen) atoms. The standard InChI is InChI=1S/C19H18F3NO/c1-11(2)15-10-23-17-8-7-13(9-14(15)17)24-18-12(3)5-4-6-16(18)19(20,21)22/h4-11,23H,1-3H3. The summed E-state index contributed by atoms with van der Waals surface area (Å²) in [6.07, 6.45) is -2.53. The molecule has 3 rings (SSSR count). The molecule has 0 saturated heterocycles. The Morgan fingerprint density at radius 3 is 2.50 bits per heavy atom. The molecule has 1 N–H and O–H groups in total. The van der Waals surface area contributed by atoms with Gasteiger partial charge in [-0.2, -0.15) is 13.2 Å². The number of para-hydroxylation sites is 1. The molecule has 5 heteroatoms. The van der Waals surface area contributed by atoms with Crippen molar-refractivity contribution >= 4 is 10.9 Å². The van der Waals surface area contributed by atoms with Crippen LogP contribution in [-0.2, 0) is 6.18 Å². The largest absolute Gasteiger partial charge is 0.456 e. The number of fused-ring (bicyclic) bond motifs is 1. The van der Waals surface area contributed by atoms with Crippen LogP contribution in [0.15, 0.2) is 42.6 Å². The molecule has 0 bridgehead atoms. The molecule has 0 saturated carbocycles. The smallest absolute Gasteiger partial charge is 0.419 e. The first-order valence-corrected chi connectivity index (χ1v) is 7.73. The first-order chi connectivity index (χ1) is 11.3. The van der Waals surface area contributed by atoms with E-state index >= 15 is 0 Å². The zero-order valence-electron chi connectivity index (χ0n) is 13.7. The lowest BCUT2D eigenvalue weighted by atomic mass is 10.0. The number of ether oxygens (including phenoxy) is 1. The molecule has 0 aliphatic rings. The summed E-state index contributed by atoms with van der Waals surface area (Å²) in [5.74, 6) is 0.549. The van der Waals surface area contributed by atoms with Crippen molar-refractivity contribution in [1.82, 2.24) is 4.98 Å². The normalized spacial score (nSPS) is 12.1. The van der Waals surface area contributed by atoms with Gasteiger partial charge in [0.05, 0.1) is 5.56 Å². The lowest BCUT2D eigenvalue weighted by Gasteiger charge is -2.16. The summed E-state index contributed by atoms with van der Waals surface area (Å²) in [5, 5.41) is 0.963. The molecule has 2 nitrogen and oxygen atoms in total. The first-order valence-electron chi connectivity index (χ1n) is 7.73. The predicted molar refractivity (Wildman–Crippen MR) is 88.6 cm³/mol. The average Bonchev–Trinajstić information content (AvgIpc) is 2.91. The highest BCUT2D eigenvalue weighted by Gasteiger charge is 2.35. The Kier molecular flexibility index (Phi) is 4.03. The summed E-state index contributed by atoms with van der Waals surface area (Å²) in [6.45, 7) is 5.75. The third kappa shape index (κ3) is 2.98. The minimum atomic E-state index is -4.46. The van der Waals surface area contributed by atoms with E-state index in [-0.39, 0.29) is 5.75 Å². The Morgan fingerprint density at radius 2 is 1.83 bits per heavy atom. The van der Waals surface area contributed by atoms with Gasteiger partial charge < -0.3 is 9.72 Å². The maximum atomic E-state index is 13.2. The molecule has 1 aromatic heterocycles. The molecule has 0 amide bonds. The fourth-order valence-electron chi connectivity index (χ4n) is 2.79. The molecule has 0 spiro atoms. The molecule has 0 unspecified atom stereocenters.